The third-order valence-electron chi connectivity index (χ3n) is 18.7. The standard InChI is InChI=1S/2C21H28P.2C17H24P.2ClH.2Zr/c2*1-3-11-19(12-4-1)22(20-13-5-2-6-14-20)21-15-17-9-7-8-10-18(17)16-21;2*1-3-5-11-18(12-6-4-2)17-13-15-9-7-8-10-16(15)14-17;;;;/h2*7-10,15-16,19-20H,1-6,11-14H2;2*7-10,13-14H,3-6,11-12H2,1-2H3;2*1H;;/q4*-1;;;2*+2/p-2. The monoisotopic (exact) mass is 1390 g/mol. The van der Waals surface area contributed by atoms with E-state index in [1.807, 2.05) is 0 Å². The van der Waals surface area contributed by atoms with E-state index in [4.69, 9.17) is 0 Å². The molecule has 4 aliphatic carbocycles. The van der Waals surface area contributed by atoms with E-state index in [1.165, 1.54) is 248 Å². The van der Waals surface area contributed by atoms with Gasteiger partial charge in [0.1, 0.15) is 0 Å². The van der Waals surface area contributed by atoms with Gasteiger partial charge in [0.2, 0.25) is 0 Å². The molecule has 8 aromatic rings. The molecule has 8 heteroatoms. The zero-order valence-corrected chi connectivity index (χ0v) is 62.3. The number of hydrogen-bond acceptors (Lipinski definition) is 0. The third kappa shape index (κ3) is 21.8. The maximum absolute atomic E-state index is 2.55. The second-order valence-electron chi connectivity index (χ2n) is 24.7. The van der Waals surface area contributed by atoms with Gasteiger partial charge < -0.3 is 24.8 Å². The molecule has 12 rings (SSSR count). The van der Waals surface area contributed by atoms with Crippen LogP contribution in [0.4, 0.5) is 0 Å². The first-order valence-electron chi connectivity index (χ1n) is 33.2. The van der Waals surface area contributed by atoms with Gasteiger partial charge in [0.15, 0.2) is 0 Å². The van der Waals surface area contributed by atoms with Crippen LogP contribution in [0.1, 0.15) is 207 Å². The molecule has 0 heterocycles. The summed E-state index contributed by atoms with van der Waals surface area (Å²) in [5, 5.41) is 18.3. The van der Waals surface area contributed by atoms with Gasteiger partial charge in [0, 0.05) is 0 Å². The topological polar surface area (TPSA) is 0 Å². The van der Waals surface area contributed by atoms with Gasteiger partial charge in [-0.2, -0.15) is 24.3 Å². The summed E-state index contributed by atoms with van der Waals surface area (Å²) in [6.45, 7) is 9.20. The minimum Gasteiger partial charge on any atom is -1.00 e. The fourth-order valence-corrected chi connectivity index (χ4v) is 27.5. The fraction of sp³-hybridized carbons (Fsp3) is 0.526. The summed E-state index contributed by atoms with van der Waals surface area (Å²) in [6, 6.07) is 55.4. The first kappa shape index (κ1) is 74.1. The Kier molecular flexibility index (Phi) is 36.2. The summed E-state index contributed by atoms with van der Waals surface area (Å²) < 4.78 is 0. The SMILES string of the molecule is CCCCP(CCCC)c1cc2ccccc2[cH-]1.CCCCP(CCCC)c1cc2ccccc2[cH-]1.[Cl-].[Cl-].[Zr+2].[Zr+2].c1ccc2[cH-]c(P(C3CCCCC3)C3CCCCC3)cc2c1.c1ccc2[cH-]c(P(C3CCCCC3)C3CCCCC3)cc2c1. The van der Waals surface area contributed by atoms with Gasteiger partial charge in [0.05, 0.1) is 0 Å². The summed E-state index contributed by atoms with van der Waals surface area (Å²) >= 11 is 0. The Hall–Kier alpha value is -0.614. The second kappa shape index (κ2) is 41.0. The van der Waals surface area contributed by atoms with Crippen LogP contribution in [0.2, 0.25) is 0 Å². The summed E-state index contributed by atoms with van der Waals surface area (Å²) in [7, 11) is 0.293. The molecule has 0 radical (unpaired) electrons. The Balaban J connectivity index is 0.000000203. The maximum atomic E-state index is 2.55. The molecule has 0 saturated heterocycles. The molecule has 0 spiro atoms. The van der Waals surface area contributed by atoms with Crippen molar-refractivity contribution in [2.75, 3.05) is 24.6 Å². The summed E-state index contributed by atoms with van der Waals surface area (Å²) in [6.07, 6.45) is 46.3. The average Bonchev–Trinajstić information content (AvgIpc) is 4.01. The van der Waals surface area contributed by atoms with Gasteiger partial charge >= 0.3 is 52.4 Å². The van der Waals surface area contributed by atoms with Crippen molar-refractivity contribution in [3.8, 4) is 0 Å². The fourth-order valence-electron chi connectivity index (χ4n) is 14.2. The van der Waals surface area contributed by atoms with Crippen molar-refractivity contribution < 1.29 is 77.2 Å². The first-order valence-corrected chi connectivity index (χ1v) is 39.6. The Morgan fingerprint density at radius 2 is 0.524 bits per heavy atom. The Labute approximate surface area is 568 Å². The van der Waals surface area contributed by atoms with Gasteiger partial charge in [-0.05, 0) is 124 Å². The Morgan fingerprint density at radius 1 is 0.310 bits per heavy atom. The molecule has 84 heavy (non-hydrogen) atoms. The van der Waals surface area contributed by atoms with Crippen molar-refractivity contribution in [3.05, 3.63) is 146 Å². The number of benzene rings is 4. The number of halogens is 2. The van der Waals surface area contributed by atoms with Crippen LogP contribution in [0.15, 0.2) is 146 Å². The molecule has 0 N–H and O–H groups in total. The van der Waals surface area contributed by atoms with Gasteiger partial charge in [-0.1, -0.05) is 186 Å². The summed E-state index contributed by atoms with van der Waals surface area (Å²) in [5.41, 5.74) is 4.07. The van der Waals surface area contributed by atoms with Crippen molar-refractivity contribution in [1.82, 2.24) is 0 Å². The molecule has 0 nitrogen and oxygen atoms in total. The van der Waals surface area contributed by atoms with Crippen molar-refractivity contribution >= 4 is 96.0 Å². The van der Waals surface area contributed by atoms with E-state index in [1.54, 1.807) is 21.2 Å². The van der Waals surface area contributed by atoms with Gasteiger partial charge in [-0.15, -0.1) is 161 Å². The van der Waals surface area contributed by atoms with Crippen LogP contribution >= 0.6 is 31.7 Å². The Bertz CT molecular complexity index is 2580. The molecule has 0 unspecified atom stereocenters. The minimum atomic E-state index is 0. The summed E-state index contributed by atoms with van der Waals surface area (Å²) in [5.74, 6) is 0. The number of rotatable bonds is 20. The van der Waals surface area contributed by atoms with Crippen molar-refractivity contribution in [2.24, 2.45) is 0 Å². The van der Waals surface area contributed by atoms with E-state index in [-0.39, 0.29) is 109 Å². The zero-order valence-electron chi connectivity index (χ0n) is 52.3. The molecule has 4 fully saturated rings. The van der Waals surface area contributed by atoms with Crippen LogP contribution in [0.25, 0.3) is 43.1 Å². The van der Waals surface area contributed by atoms with Crippen molar-refractivity contribution in [3.63, 3.8) is 0 Å². The van der Waals surface area contributed by atoms with Gasteiger partial charge in [-0.25, -0.2) is 0 Å². The molecule has 0 atom stereocenters. The number of hydrogen-bond donors (Lipinski definition) is 0. The van der Waals surface area contributed by atoms with Crippen LogP contribution < -0.4 is 46.0 Å². The second-order valence-corrected chi connectivity index (χ2v) is 35.3. The molecule has 0 aliphatic heterocycles. The average molecular weight is 1390 g/mol. The van der Waals surface area contributed by atoms with E-state index in [0.717, 1.165) is 22.6 Å². The van der Waals surface area contributed by atoms with Crippen LogP contribution in [-0.4, -0.2) is 47.3 Å². The predicted molar refractivity (Wildman–Crippen MR) is 371 cm³/mol. The molecule has 0 amide bonds. The molecule has 4 aliphatic rings. The maximum Gasteiger partial charge on any atom is 2.00 e. The van der Waals surface area contributed by atoms with E-state index < -0.39 is 0 Å². The van der Waals surface area contributed by atoms with E-state index in [9.17, 15) is 0 Å². The van der Waals surface area contributed by atoms with Gasteiger partial charge in [-0.3, -0.25) is 0 Å². The molecule has 0 bridgehead atoms. The minimum absolute atomic E-state index is 0. The smallest absolute Gasteiger partial charge is 1.00 e. The van der Waals surface area contributed by atoms with E-state index >= 15 is 0 Å². The largest absolute Gasteiger partial charge is 2.00 e. The van der Waals surface area contributed by atoms with Crippen LogP contribution in [0.3, 0.4) is 0 Å². The zero-order chi connectivity index (χ0) is 55.1. The predicted octanol–water partition coefficient (Wildman–Crippen LogP) is 17.2. The quantitative estimate of drug-likeness (QED) is 0.0527. The normalized spacial score (nSPS) is 16.3. The Morgan fingerprint density at radius 3 is 0.750 bits per heavy atom. The number of unbranched alkanes of at least 4 members (excludes halogenated alkanes) is 4. The third-order valence-corrected chi connectivity index (χ3v) is 31.1. The first-order chi connectivity index (χ1) is 39.5. The van der Waals surface area contributed by atoms with Gasteiger partial charge in [0.25, 0.3) is 0 Å². The molecule has 8 aromatic carbocycles. The molecular weight excluding hydrogens is 1290 g/mol. The molecular formula is C76H104Cl2P4Zr2-2. The molecule has 452 valence electrons. The van der Waals surface area contributed by atoms with Crippen LogP contribution in [-0.2, 0) is 52.4 Å². The van der Waals surface area contributed by atoms with Crippen molar-refractivity contribution in [1.29, 1.82) is 0 Å². The summed E-state index contributed by atoms with van der Waals surface area (Å²) in [4.78, 5) is 0. The van der Waals surface area contributed by atoms with E-state index in [0.29, 0.717) is 0 Å². The van der Waals surface area contributed by atoms with Crippen molar-refractivity contribution in [2.45, 2.75) is 230 Å². The van der Waals surface area contributed by atoms with Crippen LogP contribution in [0.5, 0.6) is 0 Å². The molecule has 0 aromatic heterocycles. The molecule has 4 saturated carbocycles. The van der Waals surface area contributed by atoms with Crippen LogP contribution in [0, 0.1) is 0 Å². The number of fused-ring (bicyclic) bond motifs is 4. The van der Waals surface area contributed by atoms with E-state index in [2.05, 4.69) is 173 Å².